The van der Waals surface area contributed by atoms with E-state index in [1.54, 1.807) is 0 Å². The first-order chi connectivity index (χ1) is 5.33. The molecule has 1 heterocycles. The average Bonchev–Trinajstić information content (AvgIpc) is 2.46. The van der Waals surface area contributed by atoms with Gasteiger partial charge in [-0.25, -0.2) is 0 Å². The molecule has 1 unspecified atom stereocenters. The second-order valence-corrected chi connectivity index (χ2v) is 4.63. The Hall–Kier alpha value is -0.0200. The normalized spacial score (nSPS) is 38.4. The number of thioether (sulfide) groups is 1. The lowest BCUT2D eigenvalue weighted by Gasteiger charge is -2.30. The average molecular weight is 171 g/mol. The second-order valence-electron chi connectivity index (χ2n) is 3.23. The first kappa shape index (κ1) is 7.62. The van der Waals surface area contributed by atoms with Gasteiger partial charge in [0.15, 0.2) is 5.78 Å². The number of carbonyl (C=O) groups is 1. The molecule has 2 nitrogen and oxygen atoms in total. The summed E-state index contributed by atoms with van der Waals surface area (Å²) in [5.41, 5.74) is 0. The van der Waals surface area contributed by atoms with Gasteiger partial charge in [-0.15, -0.1) is 11.8 Å². The van der Waals surface area contributed by atoms with Crippen LogP contribution in [-0.4, -0.2) is 23.0 Å². The highest BCUT2D eigenvalue weighted by molar-refractivity contribution is 8.01. The molecule has 1 saturated heterocycles. The zero-order valence-electron chi connectivity index (χ0n) is 6.56. The molecular formula is C8H13NOS. The zero-order valence-corrected chi connectivity index (χ0v) is 7.38. The molecular weight excluding hydrogens is 158 g/mol. The first-order valence-electron chi connectivity index (χ1n) is 4.26. The van der Waals surface area contributed by atoms with E-state index in [1.807, 2.05) is 11.8 Å². The molecule has 0 aromatic heterocycles. The first-order valence-corrected chi connectivity index (χ1v) is 5.24. The van der Waals surface area contributed by atoms with Crippen molar-refractivity contribution in [2.75, 3.05) is 12.3 Å². The maximum absolute atomic E-state index is 11.5. The lowest BCUT2D eigenvalue weighted by Crippen LogP contribution is -2.47. The van der Waals surface area contributed by atoms with Crippen molar-refractivity contribution in [1.29, 1.82) is 0 Å². The Balaban J connectivity index is 2.13. The number of carbonyl (C=O) groups excluding carboxylic acids is 1. The highest BCUT2D eigenvalue weighted by atomic mass is 32.2. The minimum Gasteiger partial charge on any atom is -0.297 e. The number of Topliss-reactive ketones (excluding diaryl/α,β-unsaturated/α-hetero) is 1. The van der Waals surface area contributed by atoms with E-state index < -0.39 is 0 Å². The van der Waals surface area contributed by atoms with Crippen molar-refractivity contribution in [3.63, 3.8) is 0 Å². The van der Waals surface area contributed by atoms with Crippen LogP contribution >= 0.6 is 11.8 Å². The van der Waals surface area contributed by atoms with E-state index in [4.69, 9.17) is 0 Å². The molecule has 0 amide bonds. The van der Waals surface area contributed by atoms with E-state index in [9.17, 15) is 4.79 Å². The van der Waals surface area contributed by atoms with Crippen LogP contribution < -0.4 is 5.32 Å². The minimum atomic E-state index is -0.141. The zero-order chi connectivity index (χ0) is 7.73. The van der Waals surface area contributed by atoms with Crippen LogP contribution in [0.3, 0.4) is 0 Å². The molecule has 2 rings (SSSR count). The predicted octanol–water partition coefficient (Wildman–Crippen LogP) is 1.16. The Bertz CT molecular complexity index is 175. The molecule has 1 atom stereocenters. The fourth-order valence-electron chi connectivity index (χ4n) is 1.87. The van der Waals surface area contributed by atoms with Crippen molar-refractivity contribution in [3.8, 4) is 0 Å². The highest BCUT2D eigenvalue weighted by Gasteiger charge is 2.42. The SMILES string of the molecule is O=C1CCCCC12NCCS2. The molecule has 0 aromatic rings. The van der Waals surface area contributed by atoms with Gasteiger partial charge in [0, 0.05) is 18.7 Å². The molecule has 62 valence electrons. The summed E-state index contributed by atoms with van der Waals surface area (Å²) < 4.78 is 0. The van der Waals surface area contributed by atoms with Gasteiger partial charge < -0.3 is 0 Å². The number of ketones is 1. The van der Waals surface area contributed by atoms with Gasteiger partial charge in [0.2, 0.25) is 0 Å². The van der Waals surface area contributed by atoms with Gasteiger partial charge in [-0.3, -0.25) is 10.1 Å². The fourth-order valence-corrected chi connectivity index (χ4v) is 3.18. The molecule has 1 aliphatic carbocycles. The van der Waals surface area contributed by atoms with Gasteiger partial charge in [0.25, 0.3) is 0 Å². The van der Waals surface area contributed by atoms with E-state index in [0.29, 0.717) is 5.78 Å². The number of hydrogen-bond donors (Lipinski definition) is 1. The molecule has 11 heavy (non-hydrogen) atoms. The van der Waals surface area contributed by atoms with Crippen LogP contribution in [0.2, 0.25) is 0 Å². The van der Waals surface area contributed by atoms with Gasteiger partial charge in [-0.2, -0.15) is 0 Å². The molecule has 1 spiro atoms. The van der Waals surface area contributed by atoms with E-state index in [1.165, 1.54) is 6.42 Å². The third kappa shape index (κ3) is 1.20. The van der Waals surface area contributed by atoms with Crippen molar-refractivity contribution in [2.24, 2.45) is 0 Å². The van der Waals surface area contributed by atoms with Crippen LogP contribution in [-0.2, 0) is 4.79 Å². The number of hydrogen-bond acceptors (Lipinski definition) is 3. The van der Waals surface area contributed by atoms with Gasteiger partial charge in [0.1, 0.15) is 4.87 Å². The van der Waals surface area contributed by atoms with Crippen LogP contribution in [0.25, 0.3) is 0 Å². The van der Waals surface area contributed by atoms with Crippen molar-refractivity contribution >= 4 is 17.5 Å². The second kappa shape index (κ2) is 2.79. The van der Waals surface area contributed by atoms with E-state index in [0.717, 1.165) is 31.6 Å². The number of nitrogens with one attached hydrogen (secondary N) is 1. The molecule has 0 radical (unpaired) electrons. The predicted molar refractivity (Wildman–Crippen MR) is 46.7 cm³/mol. The van der Waals surface area contributed by atoms with Crippen molar-refractivity contribution < 1.29 is 4.79 Å². The summed E-state index contributed by atoms with van der Waals surface area (Å²) in [6.07, 6.45) is 4.16. The van der Waals surface area contributed by atoms with Crippen LogP contribution in [0.15, 0.2) is 0 Å². The van der Waals surface area contributed by atoms with Crippen molar-refractivity contribution in [3.05, 3.63) is 0 Å². The Kier molecular flexibility index (Phi) is 1.93. The maximum atomic E-state index is 11.5. The summed E-state index contributed by atoms with van der Waals surface area (Å²) in [7, 11) is 0. The molecule has 2 fully saturated rings. The summed E-state index contributed by atoms with van der Waals surface area (Å²) in [6.45, 7) is 1.01. The van der Waals surface area contributed by atoms with Crippen molar-refractivity contribution in [1.82, 2.24) is 5.32 Å². The van der Waals surface area contributed by atoms with E-state index >= 15 is 0 Å². The van der Waals surface area contributed by atoms with E-state index in [2.05, 4.69) is 5.32 Å². The minimum absolute atomic E-state index is 0.141. The molecule has 1 saturated carbocycles. The van der Waals surface area contributed by atoms with Gasteiger partial charge >= 0.3 is 0 Å². The lowest BCUT2D eigenvalue weighted by molar-refractivity contribution is -0.123. The quantitative estimate of drug-likeness (QED) is 0.593. The van der Waals surface area contributed by atoms with Gasteiger partial charge in [-0.05, 0) is 19.3 Å². The van der Waals surface area contributed by atoms with Crippen LogP contribution in [0, 0.1) is 0 Å². The topological polar surface area (TPSA) is 29.1 Å². The largest absolute Gasteiger partial charge is 0.297 e. The molecule has 2 aliphatic rings. The molecule has 3 heteroatoms. The van der Waals surface area contributed by atoms with Gasteiger partial charge in [0.05, 0.1) is 0 Å². The summed E-state index contributed by atoms with van der Waals surface area (Å²) in [6, 6.07) is 0. The van der Waals surface area contributed by atoms with E-state index in [-0.39, 0.29) is 4.87 Å². The summed E-state index contributed by atoms with van der Waals surface area (Å²) >= 11 is 1.81. The summed E-state index contributed by atoms with van der Waals surface area (Å²) in [4.78, 5) is 11.4. The standard InChI is InChI=1S/C8H13NOS/c10-7-3-1-2-4-8(7)9-5-6-11-8/h9H,1-6H2. The summed E-state index contributed by atoms with van der Waals surface area (Å²) in [5, 5.41) is 3.34. The third-order valence-electron chi connectivity index (χ3n) is 2.49. The van der Waals surface area contributed by atoms with Crippen LogP contribution in [0.1, 0.15) is 25.7 Å². The Morgan fingerprint density at radius 2 is 2.36 bits per heavy atom. The maximum Gasteiger partial charge on any atom is 0.163 e. The van der Waals surface area contributed by atoms with Gasteiger partial charge in [-0.1, -0.05) is 0 Å². The molecule has 1 aliphatic heterocycles. The number of rotatable bonds is 0. The Morgan fingerprint density at radius 1 is 1.45 bits per heavy atom. The monoisotopic (exact) mass is 171 g/mol. The smallest absolute Gasteiger partial charge is 0.163 e. The molecule has 1 N–H and O–H groups in total. The molecule has 0 bridgehead atoms. The van der Waals surface area contributed by atoms with Crippen molar-refractivity contribution in [2.45, 2.75) is 30.6 Å². The van der Waals surface area contributed by atoms with Crippen LogP contribution in [0.5, 0.6) is 0 Å². The fraction of sp³-hybridized carbons (Fsp3) is 0.875. The Morgan fingerprint density at radius 3 is 3.00 bits per heavy atom. The highest BCUT2D eigenvalue weighted by Crippen LogP contribution is 2.37. The molecule has 0 aromatic carbocycles. The van der Waals surface area contributed by atoms with Crippen LogP contribution in [0.4, 0.5) is 0 Å². The lowest BCUT2D eigenvalue weighted by atomic mass is 9.93. The summed E-state index contributed by atoms with van der Waals surface area (Å²) in [5.74, 6) is 1.54. The third-order valence-corrected chi connectivity index (χ3v) is 3.97. The Labute approximate surface area is 71.1 Å².